The number of benzene rings is 3. The number of nitrogens with one attached hydrogen (secondary N) is 1. The smallest absolute Gasteiger partial charge is 0.264 e. The van der Waals surface area contributed by atoms with E-state index in [1.807, 2.05) is 31.2 Å². The van der Waals surface area contributed by atoms with Gasteiger partial charge in [0.2, 0.25) is 5.91 Å². The zero-order chi connectivity index (χ0) is 25.4. The Morgan fingerprint density at radius 1 is 0.857 bits per heavy atom. The van der Waals surface area contributed by atoms with Gasteiger partial charge in [0.15, 0.2) is 0 Å². The lowest BCUT2D eigenvalue weighted by atomic mass is 10.0. The topological polar surface area (TPSA) is 94.2 Å². The molecule has 9 heteroatoms. The molecule has 1 N–H and O–H groups in total. The van der Waals surface area contributed by atoms with Crippen LogP contribution in [0.15, 0.2) is 77.7 Å². The highest BCUT2D eigenvalue weighted by molar-refractivity contribution is 7.92. The molecule has 1 amide bonds. The first kappa shape index (κ1) is 25.9. The van der Waals surface area contributed by atoms with Gasteiger partial charge in [0.05, 0.1) is 38.0 Å². The van der Waals surface area contributed by atoms with Crippen molar-refractivity contribution < 1.29 is 27.4 Å². The number of methoxy groups -OCH3 is 3. The summed E-state index contributed by atoms with van der Waals surface area (Å²) in [6.45, 7) is 1.52. The van der Waals surface area contributed by atoms with E-state index in [2.05, 4.69) is 5.32 Å². The average molecular weight is 499 g/mol. The van der Waals surface area contributed by atoms with Crippen molar-refractivity contribution in [2.45, 2.75) is 24.3 Å². The van der Waals surface area contributed by atoms with Crippen LogP contribution < -0.4 is 23.8 Å². The Kier molecular flexibility index (Phi) is 8.59. The molecule has 3 aromatic carbocycles. The van der Waals surface area contributed by atoms with Gasteiger partial charge in [-0.1, -0.05) is 31.2 Å². The third-order valence-electron chi connectivity index (χ3n) is 5.55. The van der Waals surface area contributed by atoms with Crippen LogP contribution in [0.5, 0.6) is 17.2 Å². The van der Waals surface area contributed by atoms with E-state index in [4.69, 9.17) is 14.2 Å². The van der Waals surface area contributed by atoms with E-state index >= 15 is 0 Å². The number of sulfonamides is 1. The van der Waals surface area contributed by atoms with Crippen LogP contribution in [-0.2, 0) is 14.8 Å². The second-order valence-electron chi connectivity index (χ2n) is 7.66. The molecule has 0 aliphatic heterocycles. The van der Waals surface area contributed by atoms with Crippen molar-refractivity contribution in [1.29, 1.82) is 0 Å². The first-order valence-electron chi connectivity index (χ1n) is 11.1. The van der Waals surface area contributed by atoms with Crippen LogP contribution >= 0.6 is 0 Å². The number of hydrogen-bond donors (Lipinski definition) is 1. The first-order valence-corrected chi connectivity index (χ1v) is 12.5. The summed E-state index contributed by atoms with van der Waals surface area (Å²) in [6.07, 6.45) is 0.623. The van der Waals surface area contributed by atoms with Gasteiger partial charge in [-0.05, 0) is 60.5 Å². The Balaban J connectivity index is 1.93. The summed E-state index contributed by atoms with van der Waals surface area (Å²) in [5.74, 6) is 1.12. The molecule has 35 heavy (non-hydrogen) atoms. The Bertz CT molecular complexity index is 1230. The van der Waals surface area contributed by atoms with Gasteiger partial charge in [-0.25, -0.2) is 8.42 Å². The number of ether oxygens (including phenoxy) is 3. The van der Waals surface area contributed by atoms with Gasteiger partial charge < -0.3 is 19.5 Å². The number of carbonyl (C=O) groups is 1. The van der Waals surface area contributed by atoms with Gasteiger partial charge in [0, 0.05) is 0 Å². The van der Waals surface area contributed by atoms with Crippen LogP contribution in [-0.4, -0.2) is 42.2 Å². The highest BCUT2D eigenvalue weighted by Gasteiger charge is 2.30. The van der Waals surface area contributed by atoms with E-state index in [1.54, 1.807) is 43.5 Å². The number of hydrogen-bond acceptors (Lipinski definition) is 6. The van der Waals surface area contributed by atoms with Gasteiger partial charge >= 0.3 is 0 Å². The molecule has 0 saturated heterocycles. The van der Waals surface area contributed by atoms with Crippen molar-refractivity contribution in [1.82, 2.24) is 5.32 Å². The maximum Gasteiger partial charge on any atom is 0.264 e. The van der Waals surface area contributed by atoms with Crippen LogP contribution in [0.3, 0.4) is 0 Å². The summed E-state index contributed by atoms with van der Waals surface area (Å²) in [5, 5.41) is 2.95. The molecule has 0 heterocycles. The monoisotopic (exact) mass is 498 g/mol. The van der Waals surface area contributed by atoms with E-state index in [9.17, 15) is 13.2 Å². The number of amides is 1. The van der Waals surface area contributed by atoms with Crippen LogP contribution in [0, 0.1) is 0 Å². The number of anilines is 1. The van der Waals surface area contributed by atoms with Gasteiger partial charge in [0.25, 0.3) is 10.0 Å². The minimum atomic E-state index is -4.10. The minimum Gasteiger partial charge on any atom is -0.497 e. The minimum absolute atomic E-state index is 0.0270. The van der Waals surface area contributed by atoms with Crippen molar-refractivity contribution in [2.75, 3.05) is 32.2 Å². The molecule has 3 aromatic rings. The standard InChI is InChI=1S/C26H30N2O6S/c1-5-23(19-10-12-20(32-2)13-11-19)27-26(29)18-28(24-8-6-7-9-25(24)34-4)35(30,31)22-16-14-21(33-3)15-17-22/h6-17,23H,5,18H2,1-4H3,(H,27,29). The van der Waals surface area contributed by atoms with Gasteiger partial charge in [-0.2, -0.15) is 0 Å². The highest BCUT2D eigenvalue weighted by Crippen LogP contribution is 2.32. The highest BCUT2D eigenvalue weighted by atomic mass is 32.2. The zero-order valence-electron chi connectivity index (χ0n) is 20.2. The fraction of sp³-hybridized carbons (Fsp3) is 0.269. The van der Waals surface area contributed by atoms with Crippen molar-refractivity contribution in [3.05, 3.63) is 78.4 Å². The summed E-state index contributed by atoms with van der Waals surface area (Å²) in [4.78, 5) is 13.2. The summed E-state index contributed by atoms with van der Waals surface area (Å²) in [6, 6.07) is 19.8. The first-order chi connectivity index (χ1) is 16.8. The van der Waals surface area contributed by atoms with Crippen molar-refractivity contribution in [2.24, 2.45) is 0 Å². The predicted octanol–water partition coefficient (Wildman–Crippen LogP) is 4.18. The van der Waals surface area contributed by atoms with Gasteiger partial charge in [-0.3, -0.25) is 9.10 Å². The molecule has 0 saturated carbocycles. The lowest BCUT2D eigenvalue weighted by Crippen LogP contribution is -2.42. The predicted molar refractivity (Wildman–Crippen MR) is 135 cm³/mol. The number of nitrogens with zero attached hydrogens (tertiary/aromatic N) is 1. The van der Waals surface area contributed by atoms with Crippen molar-refractivity contribution in [3.8, 4) is 17.2 Å². The van der Waals surface area contributed by atoms with E-state index in [0.717, 1.165) is 9.87 Å². The Hall–Kier alpha value is -3.72. The lowest BCUT2D eigenvalue weighted by Gasteiger charge is -2.27. The maximum atomic E-state index is 13.7. The SMILES string of the molecule is CCC(NC(=O)CN(c1ccccc1OC)S(=O)(=O)c1ccc(OC)cc1)c1ccc(OC)cc1. The largest absolute Gasteiger partial charge is 0.497 e. The zero-order valence-corrected chi connectivity index (χ0v) is 21.0. The fourth-order valence-corrected chi connectivity index (χ4v) is 5.07. The molecule has 0 radical (unpaired) electrons. The Morgan fingerprint density at radius 3 is 1.97 bits per heavy atom. The molecule has 0 fully saturated rings. The molecular weight excluding hydrogens is 468 g/mol. The molecule has 1 unspecified atom stereocenters. The van der Waals surface area contributed by atoms with Crippen LogP contribution in [0.1, 0.15) is 24.9 Å². The molecule has 0 aliphatic rings. The Labute approximate surface area is 206 Å². The van der Waals surface area contributed by atoms with Crippen molar-refractivity contribution in [3.63, 3.8) is 0 Å². The molecule has 0 aliphatic carbocycles. The number of carbonyl (C=O) groups excluding carboxylic acids is 1. The van der Waals surface area contributed by atoms with Crippen LogP contribution in [0.4, 0.5) is 5.69 Å². The second kappa shape index (κ2) is 11.6. The number of rotatable bonds is 11. The molecule has 0 bridgehead atoms. The number of para-hydroxylation sites is 2. The molecular formula is C26H30N2O6S. The van der Waals surface area contributed by atoms with E-state index in [1.165, 1.54) is 26.4 Å². The average Bonchev–Trinajstić information content (AvgIpc) is 2.90. The Morgan fingerprint density at radius 2 is 1.43 bits per heavy atom. The lowest BCUT2D eigenvalue weighted by molar-refractivity contribution is -0.120. The third-order valence-corrected chi connectivity index (χ3v) is 7.32. The molecule has 8 nitrogen and oxygen atoms in total. The summed E-state index contributed by atoms with van der Waals surface area (Å²) in [7, 11) is 0.439. The van der Waals surface area contributed by atoms with E-state index in [-0.39, 0.29) is 16.6 Å². The maximum absolute atomic E-state index is 13.7. The molecule has 1 atom stereocenters. The molecule has 186 valence electrons. The fourth-order valence-electron chi connectivity index (χ4n) is 3.64. The molecule has 0 spiro atoms. The van der Waals surface area contributed by atoms with Gasteiger partial charge in [0.1, 0.15) is 23.8 Å². The van der Waals surface area contributed by atoms with E-state index < -0.39 is 22.5 Å². The van der Waals surface area contributed by atoms with Gasteiger partial charge in [-0.15, -0.1) is 0 Å². The van der Waals surface area contributed by atoms with E-state index in [0.29, 0.717) is 23.7 Å². The summed E-state index contributed by atoms with van der Waals surface area (Å²) in [5.41, 5.74) is 1.15. The normalized spacial score (nSPS) is 11.9. The summed E-state index contributed by atoms with van der Waals surface area (Å²) >= 11 is 0. The van der Waals surface area contributed by atoms with Crippen molar-refractivity contribution >= 4 is 21.6 Å². The quantitative estimate of drug-likeness (QED) is 0.426. The second-order valence-corrected chi connectivity index (χ2v) is 9.52. The van der Waals surface area contributed by atoms with Crippen LogP contribution in [0.25, 0.3) is 0 Å². The third kappa shape index (κ3) is 6.05. The molecule has 3 rings (SSSR count). The molecule has 0 aromatic heterocycles. The summed E-state index contributed by atoms with van der Waals surface area (Å²) < 4.78 is 44.1. The van der Waals surface area contributed by atoms with Crippen LogP contribution in [0.2, 0.25) is 0 Å².